The maximum Gasteiger partial charge on any atom is 0.255 e. The molecule has 0 spiro atoms. The van der Waals surface area contributed by atoms with Crippen LogP contribution in [-0.2, 0) is 0 Å². The molecule has 2 aromatic carbocycles. The second-order valence-electron chi connectivity index (χ2n) is 4.49. The van der Waals surface area contributed by atoms with E-state index in [1.807, 2.05) is 19.1 Å². The average Bonchev–Trinajstić information content (AvgIpc) is 2.47. The van der Waals surface area contributed by atoms with E-state index < -0.39 is 0 Å². The summed E-state index contributed by atoms with van der Waals surface area (Å²) in [5.41, 5.74) is 7.91. The Hall–Kier alpha value is -2.46. The van der Waals surface area contributed by atoms with Gasteiger partial charge in [-0.1, -0.05) is 29.8 Å². The summed E-state index contributed by atoms with van der Waals surface area (Å²) in [6.07, 6.45) is 0. The molecule has 0 aromatic heterocycles. The Labute approximate surface area is 117 Å². The van der Waals surface area contributed by atoms with Crippen molar-refractivity contribution in [2.75, 3.05) is 11.9 Å². The van der Waals surface area contributed by atoms with Gasteiger partial charge in [-0.2, -0.15) is 0 Å². The van der Waals surface area contributed by atoms with Crippen molar-refractivity contribution in [3.63, 3.8) is 0 Å². The van der Waals surface area contributed by atoms with Crippen LogP contribution in [0.4, 0.5) is 5.69 Å². The summed E-state index contributed by atoms with van der Waals surface area (Å²) >= 11 is 0. The van der Waals surface area contributed by atoms with Gasteiger partial charge in [-0.3, -0.25) is 9.59 Å². The van der Waals surface area contributed by atoms with Crippen molar-refractivity contribution < 1.29 is 9.59 Å². The normalized spacial score (nSPS) is 10.1. The average molecular weight is 268 g/mol. The first-order valence-corrected chi connectivity index (χ1v) is 6.32. The van der Waals surface area contributed by atoms with Gasteiger partial charge in [-0.25, -0.2) is 0 Å². The second kappa shape index (κ2) is 6.12. The predicted molar refractivity (Wildman–Crippen MR) is 79.0 cm³/mol. The molecular weight excluding hydrogens is 252 g/mol. The third kappa shape index (κ3) is 3.10. The Bertz CT molecular complexity index is 633. The zero-order valence-corrected chi connectivity index (χ0v) is 11.2. The maximum absolute atomic E-state index is 12.1. The zero-order chi connectivity index (χ0) is 14.5. The molecule has 1 amide bonds. The van der Waals surface area contributed by atoms with E-state index in [0.717, 1.165) is 5.56 Å². The maximum atomic E-state index is 12.1. The van der Waals surface area contributed by atoms with Crippen molar-refractivity contribution in [3.05, 3.63) is 65.2 Å². The van der Waals surface area contributed by atoms with Gasteiger partial charge >= 0.3 is 0 Å². The molecule has 4 nitrogen and oxygen atoms in total. The molecule has 0 aliphatic carbocycles. The molecule has 0 aliphatic heterocycles. The SMILES string of the molecule is Cc1ccc(C(=O)Nc2ccccc2C(=O)CN)cc1. The molecule has 102 valence electrons. The van der Waals surface area contributed by atoms with Crippen LogP contribution in [0.5, 0.6) is 0 Å². The molecule has 0 unspecified atom stereocenters. The molecule has 0 heterocycles. The largest absolute Gasteiger partial charge is 0.324 e. The van der Waals surface area contributed by atoms with Crippen molar-refractivity contribution in [2.24, 2.45) is 5.73 Å². The van der Waals surface area contributed by atoms with Crippen LogP contribution in [0.1, 0.15) is 26.3 Å². The molecule has 0 saturated carbocycles. The molecular formula is C16H16N2O2. The van der Waals surface area contributed by atoms with E-state index in [4.69, 9.17) is 5.73 Å². The van der Waals surface area contributed by atoms with E-state index in [2.05, 4.69) is 5.32 Å². The Morgan fingerprint density at radius 3 is 2.35 bits per heavy atom. The number of nitrogens with one attached hydrogen (secondary N) is 1. The Morgan fingerprint density at radius 2 is 1.70 bits per heavy atom. The molecule has 0 atom stereocenters. The number of hydrogen-bond acceptors (Lipinski definition) is 3. The fraction of sp³-hybridized carbons (Fsp3) is 0.125. The first-order chi connectivity index (χ1) is 9.61. The lowest BCUT2D eigenvalue weighted by Crippen LogP contribution is -2.18. The number of carbonyl (C=O) groups excluding carboxylic acids is 2. The van der Waals surface area contributed by atoms with Gasteiger partial charge in [0.25, 0.3) is 5.91 Å². The summed E-state index contributed by atoms with van der Waals surface area (Å²) in [4.78, 5) is 23.9. The van der Waals surface area contributed by atoms with Crippen LogP contribution >= 0.6 is 0 Å². The number of amides is 1. The lowest BCUT2D eigenvalue weighted by molar-refractivity contribution is 0.100. The van der Waals surface area contributed by atoms with E-state index in [0.29, 0.717) is 16.8 Å². The van der Waals surface area contributed by atoms with E-state index in [-0.39, 0.29) is 18.2 Å². The number of rotatable bonds is 4. The van der Waals surface area contributed by atoms with Gasteiger partial charge < -0.3 is 11.1 Å². The molecule has 0 radical (unpaired) electrons. The third-order valence-corrected chi connectivity index (χ3v) is 2.97. The molecule has 2 aromatic rings. The van der Waals surface area contributed by atoms with Crippen LogP contribution in [0, 0.1) is 6.92 Å². The lowest BCUT2D eigenvalue weighted by atomic mass is 10.1. The van der Waals surface area contributed by atoms with Crippen molar-refractivity contribution >= 4 is 17.4 Å². The van der Waals surface area contributed by atoms with Crippen molar-refractivity contribution in [1.82, 2.24) is 0 Å². The minimum atomic E-state index is -0.248. The van der Waals surface area contributed by atoms with Crippen molar-refractivity contribution in [2.45, 2.75) is 6.92 Å². The zero-order valence-electron chi connectivity index (χ0n) is 11.2. The van der Waals surface area contributed by atoms with Gasteiger partial charge in [0.15, 0.2) is 5.78 Å². The summed E-state index contributed by atoms with van der Waals surface area (Å²) in [6, 6.07) is 14.1. The highest BCUT2D eigenvalue weighted by Gasteiger charge is 2.12. The Morgan fingerprint density at radius 1 is 1.05 bits per heavy atom. The fourth-order valence-corrected chi connectivity index (χ4v) is 1.84. The van der Waals surface area contributed by atoms with Crippen LogP contribution in [0.2, 0.25) is 0 Å². The summed E-state index contributed by atoms with van der Waals surface area (Å²) in [5.74, 6) is -0.452. The number of carbonyl (C=O) groups is 2. The number of ketones is 1. The predicted octanol–water partition coefficient (Wildman–Crippen LogP) is 2.39. The molecule has 2 rings (SSSR count). The number of benzene rings is 2. The minimum Gasteiger partial charge on any atom is -0.324 e. The summed E-state index contributed by atoms with van der Waals surface area (Å²) < 4.78 is 0. The summed E-state index contributed by atoms with van der Waals surface area (Å²) in [5, 5.41) is 2.75. The molecule has 20 heavy (non-hydrogen) atoms. The van der Waals surface area contributed by atoms with Crippen molar-refractivity contribution in [1.29, 1.82) is 0 Å². The monoisotopic (exact) mass is 268 g/mol. The molecule has 0 saturated heterocycles. The quantitative estimate of drug-likeness (QED) is 0.836. The van der Waals surface area contributed by atoms with E-state index in [1.165, 1.54) is 0 Å². The Balaban J connectivity index is 2.24. The molecule has 3 N–H and O–H groups in total. The number of nitrogens with two attached hydrogens (primary N) is 1. The highest BCUT2D eigenvalue weighted by molar-refractivity contribution is 6.09. The van der Waals surface area contributed by atoms with Gasteiger partial charge in [0.2, 0.25) is 0 Å². The number of hydrogen-bond donors (Lipinski definition) is 2. The van der Waals surface area contributed by atoms with E-state index >= 15 is 0 Å². The van der Waals surface area contributed by atoms with Crippen molar-refractivity contribution in [3.8, 4) is 0 Å². The lowest BCUT2D eigenvalue weighted by Gasteiger charge is -2.09. The molecule has 0 bridgehead atoms. The van der Waals surface area contributed by atoms with Crippen LogP contribution in [0.3, 0.4) is 0 Å². The second-order valence-corrected chi connectivity index (χ2v) is 4.49. The molecule has 0 fully saturated rings. The first kappa shape index (κ1) is 14.0. The standard InChI is InChI=1S/C16H16N2O2/c1-11-6-8-12(9-7-11)16(20)18-14-5-3-2-4-13(14)15(19)10-17/h2-9H,10,17H2,1H3,(H,18,20). The number of para-hydroxylation sites is 1. The van der Waals surface area contributed by atoms with Crippen LogP contribution < -0.4 is 11.1 Å². The highest BCUT2D eigenvalue weighted by atomic mass is 16.1. The first-order valence-electron chi connectivity index (χ1n) is 6.32. The van der Waals surface area contributed by atoms with Crippen LogP contribution in [0.25, 0.3) is 0 Å². The summed E-state index contributed by atoms with van der Waals surface area (Å²) in [6.45, 7) is 1.87. The van der Waals surface area contributed by atoms with Crippen LogP contribution in [0.15, 0.2) is 48.5 Å². The topological polar surface area (TPSA) is 72.2 Å². The number of anilines is 1. The Kier molecular flexibility index (Phi) is 4.27. The van der Waals surface area contributed by atoms with Gasteiger partial charge in [-0.15, -0.1) is 0 Å². The third-order valence-electron chi connectivity index (χ3n) is 2.97. The minimum absolute atomic E-state index is 0.0859. The number of aryl methyl sites for hydroxylation is 1. The van der Waals surface area contributed by atoms with Gasteiger partial charge in [0.05, 0.1) is 12.2 Å². The number of Topliss-reactive ketones (excluding diaryl/α,β-unsaturated/α-hetero) is 1. The van der Waals surface area contributed by atoms with Gasteiger partial charge in [-0.05, 0) is 31.2 Å². The van der Waals surface area contributed by atoms with E-state index in [1.54, 1.807) is 36.4 Å². The highest BCUT2D eigenvalue weighted by Crippen LogP contribution is 2.16. The van der Waals surface area contributed by atoms with Gasteiger partial charge in [0, 0.05) is 11.1 Å². The van der Waals surface area contributed by atoms with Crippen LogP contribution in [-0.4, -0.2) is 18.2 Å². The molecule has 4 heteroatoms. The summed E-state index contributed by atoms with van der Waals surface area (Å²) in [7, 11) is 0. The van der Waals surface area contributed by atoms with Gasteiger partial charge in [0.1, 0.15) is 0 Å². The fourth-order valence-electron chi connectivity index (χ4n) is 1.84. The molecule has 0 aliphatic rings. The van der Waals surface area contributed by atoms with E-state index in [9.17, 15) is 9.59 Å². The smallest absolute Gasteiger partial charge is 0.255 e.